The molecular weight excluding hydrogens is 276 g/mol. The lowest BCUT2D eigenvalue weighted by atomic mass is 10.1. The van der Waals surface area contributed by atoms with Gasteiger partial charge >= 0.3 is 0 Å². The summed E-state index contributed by atoms with van der Waals surface area (Å²) in [5, 5.41) is 6.74. The van der Waals surface area contributed by atoms with E-state index in [0.717, 1.165) is 5.01 Å². The van der Waals surface area contributed by atoms with E-state index in [-0.39, 0.29) is 0 Å². The molecule has 0 radical (unpaired) electrons. The zero-order valence-electron chi connectivity index (χ0n) is 11.6. The Morgan fingerprint density at radius 1 is 1.05 bits per heavy atom. The third kappa shape index (κ3) is 2.45. The molecule has 0 amide bonds. The molecule has 0 saturated carbocycles. The summed E-state index contributed by atoms with van der Waals surface area (Å²) < 4.78 is 0. The minimum absolute atomic E-state index is 0.437. The number of nitrogens with zero attached hydrogens (tertiary/aromatic N) is 1. The predicted molar refractivity (Wildman–Crippen MR) is 88.7 cm³/mol. The van der Waals surface area contributed by atoms with Gasteiger partial charge in [-0.15, -0.1) is 11.3 Å². The normalized spacial score (nSPS) is 16.7. The van der Waals surface area contributed by atoms with Crippen LogP contribution in [0.2, 0.25) is 0 Å². The highest BCUT2D eigenvalue weighted by molar-refractivity contribution is 7.13. The molecule has 0 aliphatic heterocycles. The smallest absolute Gasteiger partial charge is 0.123 e. The maximum atomic E-state index is 4.35. The van der Waals surface area contributed by atoms with Crippen molar-refractivity contribution in [2.45, 2.75) is 18.9 Å². The summed E-state index contributed by atoms with van der Waals surface area (Å²) in [4.78, 5) is 4.35. The average Bonchev–Trinajstić information content (AvgIpc) is 3.19. The summed E-state index contributed by atoms with van der Waals surface area (Å²) in [5.41, 5.74) is 5.29. The van der Waals surface area contributed by atoms with E-state index >= 15 is 0 Å². The molecule has 4 rings (SSSR count). The minimum Gasteiger partial charge on any atom is -0.378 e. The molecule has 0 bridgehead atoms. The monoisotopic (exact) mass is 292 g/mol. The van der Waals surface area contributed by atoms with Gasteiger partial charge in [-0.05, 0) is 48.2 Å². The number of thiazole rings is 1. The molecule has 1 unspecified atom stereocenters. The molecule has 0 saturated heterocycles. The van der Waals surface area contributed by atoms with Crippen LogP contribution in [0.3, 0.4) is 0 Å². The maximum Gasteiger partial charge on any atom is 0.123 e. The molecule has 1 heterocycles. The first kappa shape index (κ1) is 12.6. The van der Waals surface area contributed by atoms with Crippen LogP contribution in [-0.2, 0) is 6.42 Å². The summed E-state index contributed by atoms with van der Waals surface area (Å²) in [6.45, 7) is 0. The van der Waals surface area contributed by atoms with Crippen LogP contribution in [0.5, 0.6) is 0 Å². The molecule has 2 nitrogen and oxygen atoms in total. The second-order valence-corrected chi connectivity index (χ2v) is 6.24. The average molecular weight is 292 g/mol. The molecule has 0 spiro atoms. The van der Waals surface area contributed by atoms with Crippen molar-refractivity contribution in [2.75, 3.05) is 5.32 Å². The van der Waals surface area contributed by atoms with Gasteiger partial charge in [0.25, 0.3) is 0 Å². The van der Waals surface area contributed by atoms with Crippen molar-refractivity contribution in [3.05, 3.63) is 71.2 Å². The number of anilines is 1. The molecule has 2 aromatic carbocycles. The zero-order valence-corrected chi connectivity index (χ0v) is 12.4. The summed E-state index contributed by atoms with van der Waals surface area (Å²) in [5.74, 6) is 0. The Bertz CT molecular complexity index is 732. The van der Waals surface area contributed by atoms with Gasteiger partial charge in [-0.2, -0.15) is 0 Å². The van der Waals surface area contributed by atoms with Gasteiger partial charge in [0.15, 0.2) is 0 Å². The van der Waals surface area contributed by atoms with E-state index in [4.69, 9.17) is 0 Å². The van der Waals surface area contributed by atoms with Crippen molar-refractivity contribution in [3.8, 4) is 10.6 Å². The van der Waals surface area contributed by atoms with Crippen molar-refractivity contribution in [1.82, 2.24) is 4.98 Å². The molecule has 3 aromatic rings. The molecule has 0 fully saturated rings. The predicted octanol–water partition coefficient (Wildman–Crippen LogP) is 4.91. The topological polar surface area (TPSA) is 24.9 Å². The number of fused-ring (bicyclic) bond motifs is 1. The number of benzene rings is 2. The van der Waals surface area contributed by atoms with Crippen molar-refractivity contribution >= 4 is 17.0 Å². The van der Waals surface area contributed by atoms with E-state index in [2.05, 4.69) is 58.8 Å². The lowest BCUT2D eigenvalue weighted by Gasteiger charge is -2.15. The first-order valence-corrected chi connectivity index (χ1v) is 8.12. The van der Waals surface area contributed by atoms with E-state index in [9.17, 15) is 0 Å². The van der Waals surface area contributed by atoms with Crippen LogP contribution in [0.25, 0.3) is 10.6 Å². The molecule has 1 aliphatic rings. The highest BCUT2D eigenvalue weighted by atomic mass is 32.1. The Morgan fingerprint density at radius 3 is 2.71 bits per heavy atom. The fourth-order valence-corrected chi connectivity index (χ4v) is 3.63. The Balaban J connectivity index is 1.53. The lowest BCUT2D eigenvalue weighted by Crippen LogP contribution is -2.06. The second kappa shape index (κ2) is 5.34. The minimum atomic E-state index is 0.437. The number of aryl methyl sites for hydroxylation is 1. The quantitative estimate of drug-likeness (QED) is 0.742. The van der Waals surface area contributed by atoms with Gasteiger partial charge in [0.05, 0.1) is 6.04 Å². The largest absolute Gasteiger partial charge is 0.378 e. The fraction of sp³-hybridized carbons (Fsp3) is 0.167. The Kier molecular flexibility index (Phi) is 3.20. The summed E-state index contributed by atoms with van der Waals surface area (Å²) in [6.07, 6.45) is 4.19. The van der Waals surface area contributed by atoms with Crippen molar-refractivity contribution in [2.24, 2.45) is 0 Å². The van der Waals surface area contributed by atoms with Gasteiger partial charge in [0, 0.05) is 22.8 Å². The highest BCUT2D eigenvalue weighted by Gasteiger charge is 2.21. The zero-order chi connectivity index (χ0) is 14.1. The number of rotatable bonds is 3. The number of hydrogen-bond donors (Lipinski definition) is 1. The lowest BCUT2D eigenvalue weighted by molar-refractivity contribution is 0.762. The van der Waals surface area contributed by atoms with E-state index < -0.39 is 0 Å². The van der Waals surface area contributed by atoms with Gasteiger partial charge in [-0.25, -0.2) is 4.98 Å². The molecule has 21 heavy (non-hydrogen) atoms. The van der Waals surface area contributed by atoms with Crippen molar-refractivity contribution in [1.29, 1.82) is 0 Å². The second-order valence-electron chi connectivity index (χ2n) is 5.35. The summed E-state index contributed by atoms with van der Waals surface area (Å²) in [6, 6.07) is 17.8. The Hall–Kier alpha value is -2.13. The molecule has 3 heteroatoms. The van der Waals surface area contributed by atoms with Gasteiger partial charge in [0.2, 0.25) is 0 Å². The molecule has 1 aliphatic carbocycles. The Morgan fingerprint density at radius 2 is 1.90 bits per heavy atom. The molecule has 1 atom stereocenters. The number of nitrogens with one attached hydrogen (secondary N) is 1. The maximum absolute atomic E-state index is 4.35. The summed E-state index contributed by atoms with van der Waals surface area (Å²) >= 11 is 1.67. The third-order valence-electron chi connectivity index (χ3n) is 4.04. The number of hydrogen-bond acceptors (Lipinski definition) is 3. The fourth-order valence-electron chi connectivity index (χ4n) is 2.98. The van der Waals surface area contributed by atoms with Crippen LogP contribution in [-0.4, -0.2) is 4.98 Å². The van der Waals surface area contributed by atoms with Crippen molar-refractivity contribution < 1.29 is 0 Å². The van der Waals surface area contributed by atoms with Crippen LogP contribution in [0.4, 0.5) is 5.69 Å². The van der Waals surface area contributed by atoms with E-state index in [1.54, 1.807) is 11.3 Å². The van der Waals surface area contributed by atoms with E-state index in [1.807, 2.05) is 11.6 Å². The van der Waals surface area contributed by atoms with Crippen LogP contribution < -0.4 is 5.32 Å². The van der Waals surface area contributed by atoms with Crippen LogP contribution in [0.15, 0.2) is 60.1 Å². The van der Waals surface area contributed by atoms with E-state index in [1.165, 1.54) is 35.2 Å². The third-order valence-corrected chi connectivity index (χ3v) is 4.86. The first-order chi connectivity index (χ1) is 10.4. The van der Waals surface area contributed by atoms with Gasteiger partial charge < -0.3 is 5.32 Å². The van der Waals surface area contributed by atoms with Crippen LogP contribution in [0.1, 0.15) is 23.6 Å². The highest BCUT2D eigenvalue weighted by Crippen LogP contribution is 2.34. The molecule has 104 valence electrons. The number of aromatic nitrogens is 1. The SMILES string of the molecule is c1ccc2c(c1)CCC2Nc1ccc(-c2nccs2)cc1. The van der Waals surface area contributed by atoms with Crippen LogP contribution >= 0.6 is 11.3 Å². The van der Waals surface area contributed by atoms with Crippen molar-refractivity contribution in [3.63, 3.8) is 0 Å². The molecule has 1 aromatic heterocycles. The van der Waals surface area contributed by atoms with Gasteiger partial charge in [0.1, 0.15) is 5.01 Å². The molecule has 1 N–H and O–H groups in total. The van der Waals surface area contributed by atoms with E-state index in [0.29, 0.717) is 6.04 Å². The van der Waals surface area contributed by atoms with Gasteiger partial charge in [-0.1, -0.05) is 24.3 Å². The summed E-state index contributed by atoms with van der Waals surface area (Å²) in [7, 11) is 0. The first-order valence-electron chi connectivity index (χ1n) is 7.24. The Labute approximate surface area is 128 Å². The standard InChI is InChI=1S/C18H16N2S/c1-2-4-16-13(3-1)7-10-17(16)20-15-8-5-14(6-9-15)18-19-11-12-21-18/h1-6,8-9,11-12,17,20H,7,10H2. The molecular formula is C18H16N2S. The van der Waals surface area contributed by atoms with Gasteiger partial charge in [-0.3, -0.25) is 0 Å². The van der Waals surface area contributed by atoms with Crippen LogP contribution in [0, 0.1) is 0 Å².